The summed E-state index contributed by atoms with van der Waals surface area (Å²) >= 11 is 0. The van der Waals surface area contributed by atoms with Crippen molar-refractivity contribution in [2.45, 2.75) is 6.42 Å². The molecular weight excluding hydrogens is 192 g/mol. The number of ether oxygens (including phenoxy) is 1. The van der Waals surface area contributed by atoms with Crippen LogP contribution in [-0.4, -0.2) is 18.7 Å². The molecule has 0 aromatic rings. The molecule has 4 atom stereocenters. The second-order valence-corrected chi connectivity index (χ2v) is 4.48. The van der Waals surface area contributed by atoms with Crippen molar-refractivity contribution in [3.63, 3.8) is 0 Å². The van der Waals surface area contributed by atoms with Crippen molar-refractivity contribution in [3.05, 3.63) is 24.0 Å². The summed E-state index contributed by atoms with van der Waals surface area (Å²) in [6, 6.07) is 0. The van der Waals surface area contributed by atoms with Gasteiger partial charge in [0.25, 0.3) is 0 Å². The van der Waals surface area contributed by atoms with Gasteiger partial charge in [-0.2, -0.15) is 0 Å². The first-order valence-corrected chi connectivity index (χ1v) is 5.24. The molecule has 0 aromatic carbocycles. The zero-order valence-corrected chi connectivity index (χ0v) is 8.47. The second-order valence-electron chi connectivity index (χ2n) is 4.48. The second kappa shape index (κ2) is 2.81. The molecule has 3 heteroatoms. The van der Waals surface area contributed by atoms with Crippen LogP contribution < -0.4 is 0 Å². The van der Waals surface area contributed by atoms with Gasteiger partial charge in [-0.05, 0) is 18.3 Å². The van der Waals surface area contributed by atoms with Crippen LogP contribution in [0.2, 0.25) is 0 Å². The highest BCUT2D eigenvalue weighted by molar-refractivity contribution is 6.10. The molecule has 3 aliphatic rings. The summed E-state index contributed by atoms with van der Waals surface area (Å²) in [4.78, 5) is 23.8. The number of hydrogen-bond acceptors (Lipinski definition) is 3. The van der Waals surface area contributed by atoms with E-state index in [0.29, 0.717) is 0 Å². The molecule has 15 heavy (non-hydrogen) atoms. The minimum absolute atomic E-state index is 0.0129. The molecule has 1 saturated carbocycles. The van der Waals surface area contributed by atoms with Crippen LogP contribution in [0.25, 0.3) is 0 Å². The molecule has 0 saturated heterocycles. The van der Waals surface area contributed by atoms with E-state index in [0.717, 1.165) is 6.42 Å². The smallest absolute Gasteiger partial charge is 0.201 e. The van der Waals surface area contributed by atoms with Crippen LogP contribution in [0.15, 0.2) is 24.0 Å². The Hall–Kier alpha value is -1.38. The van der Waals surface area contributed by atoms with Crippen LogP contribution in [0.5, 0.6) is 0 Å². The zero-order chi connectivity index (χ0) is 10.6. The van der Waals surface area contributed by atoms with E-state index in [9.17, 15) is 9.59 Å². The average molecular weight is 204 g/mol. The number of allylic oxidation sites excluding steroid dienone is 4. The number of Topliss-reactive ketones (excluding diaryl/α,β-unsaturated/α-hetero) is 1. The van der Waals surface area contributed by atoms with E-state index >= 15 is 0 Å². The molecule has 0 aliphatic heterocycles. The van der Waals surface area contributed by atoms with Gasteiger partial charge < -0.3 is 4.74 Å². The van der Waals surface area contributed by atoms with Gasteiger partial charge in [0.05, 0.1) is 7.11 Å². The maximum Gasteiger partial charge on any atom is 0.201 e. The fraction of sp³-hybridized carbons (Fsp3) is 0.500. The first-order chi connectivity index (χ1) is 7.22. The molecule has 2 bridgehead atoms. The van der Waals surface area contributed by atoms with Crippen LogP contribution in [0.4, 0.5) is 0 Å². The Labute approximate surface area is 87.8 Å². The predicted octanol–water partition coefficient (Wildman–Crippen LogP) is 1.11. The lowest BCUT2D eigenvalue weighted by molar-refractivity contribution is -0.132. The largest absolute Gasteiger partial charge is 0.493 e. The molecule has 4 unspecified atom stereocenters. The molecule has 0 heterocycles. The summed E-state index contributed by atoms with van der Waals surface area (Å²) in [6.07, 6.45) is 6.49. The number of methoxy groups -OCH3 is 1. The monoisotopic (exact) mass is 204 g/mol. The minimum Gasteiger partial charge on any atom is -0.493 e. The first-order valence-electron chi connectivity index (χ1n) is 5.24. The SMILES string of the molecule is COC1=CC(=O)C2C3C=CC(C3)C2C1=O. The van der Waals surface area contributed by atoms with Gasteiger partial charge in [-0.25, -0.2) is 0 Å². The molecule has 3 aliphatic carbocycles. The van der Waals surface area contributed by atoms with Crippen LogP contribution >= 0.6 is 0 Å². The van der Waals surface area contributed by atoms with E-state index in [4.69, 9.17) is 4.74 Å². The van der Waals surface area contributed by atoms with E-state index in [-0.39, 0.29) is 41.0 Å². The summed E-state index contributed by atoms with van der Waals surface area (Å²) < 4.78 is 4.96. The summed E-state index contributed by atoms with van der Waals surface area (Å²) in [6.45, 7) is 0. The topological polar surface area (TPSA) is 43.4 Å². The number of hydrogen-bond donors (Lipinski definition) is 0. The van der Waals surface area contributed by atoms with Gasteiger partial charge in [-0.1, -0.05) is 12.2 Å². The van der Waals surface area contributed by atoms with Gasteiger partial charge in [0.1, 0.15) is 0 Å². The quantitative estimate of drug-likeness (QED) is 0.601. The molecular formula is C12H12O3. The molecule has 0 spiro atoms. The van der Waals surface area contributed by atoms with E-state index in [2.05, 4.69) is 12.2 Å². The molecule has 3 rings (SSSR count). The average Bonchev–Trinajstić information content (AvgIpc) is 2.83. The summed E-state index contributed by atoms with van der Waals surface area (Å²) in [7, 11) is 1.44. The van der Waals surface area contributed by atoms with Crippen molar-refractivity contribution in [2.24, 2.45) is 23.7 Å². The fourth-order valence-electron chi connectivity index (χ4n) is 3.19. The number of carbonyl (C=O) groups is 2. The van der Waals surface area contributed by atoms with Crippen LogP contribution in [0, 0.1) is 23.7 Å². The standard InChI is InChI=1S/C12H12O3/c1-15-9-5-8(13)10-6-2-3-7(4-6)11(10)12(9)14/h2-3,5-7,10-11H,4H2,1H3. The Bertz CT molecular complexity index is 405. The molecule has 3 nitrogen and oxygen atoms in total. The van der Waals surface area contributed by atoms with Crippen LogP contribution in [0.1, 0.15) is 6.42 Å². The van der Waals surface area contributed by atoms with Crippen molar-refractivity contribution in [1.82, 2.24) is 0 Å². The molecule has 1 fully saturated rings. The number of fused-ring (bicyclic) bond motifs is 5. The maximum atomic E-state index is 12.0. The Morgan fingerprint density at radius 3 is 2.53 bits per heavy atom. The third-order valence-electron chi connectivity index (χ3n) is 3.83. The zero-order valence-electron chi connectivity index (χ0n) is 8.47. The third-order valence-corrected chi connectivity index (χ3v) is 3.83. The molecule has 78 valence electrons. The van der Waals surface area contributed by atoms with Crippen molar-refractivity contribution in [2.75, 3.05) is 7.11 Å². The molecule has 0 N–H and O–H groups in total. The summed E-state index contributed by atoms with van der Waals surface area (Å²) in [5, 5.41) is 0. The van der Waals surface area contributed by atoms with E-state index < -0.39 is 0 Å². The molecule has 0 amide bonds. The predicted molar refractivity (Wildman–Crippen MR) is 52.8 cm³/mol. The lowest BCUT2D eigenvalue weighted by Gasteiger charge is -2.28. The Morgan fingerprint density at radius 2 is 1.87 bits per heavy atom. The number of rotatable bonds is 1. The lowest BCUT2D eigenvalue weighted by Crippen LogP contribution is -2.37. The van der Waals surface area contributed by atoms with E-state index in [1.807, 2.05) is 0 Å². The first kappa shape index (κ1) is 8.89. The Balaban J connectivity index is 2.05. The number of carbonyl (C=O) groups excluding carboxylic acids is 2. The van der Waals surface area contributed by atoms with Crippen molar-refractivity contribution in [1.29, 1.82) is 0 Å². The minimum atomic E-state index is -0.146. The Morgan fingerprint density at radius 1 is 1.20 bits per heavy atom. The highest BCUT2D eigenvalue weighted by atomic mass is 16.5. The summed E-state index contributed by atoms with van der Waals surface area (Å²) in [5.41, 5.74) is 0. The van der Waals surface area contributed by atoms with Crippen molar-refractivity contribution < 1.29 is 14.3 Å². The Kier molecular flexibility index (Phi) is 1.67. The summed E-state index contributed by atoms with van der Waals surface area (Å²) in [5.74, 6) is 0.606. The fourth-order valence-corrected chi connectivity index (χ4v) is 3.19. The third kappa shape index (κ3) is 1.01. The van der Waals surface area contributed by atoms with Gasteiger partial charge in [-0.15, -0.1) is 0 Å². The van der Waals surface area contributed by atoms with Crippen LogP contribution in [0.3, 0.4) is 0 Å². The van der Waals surface area contributed by atoms with Gasteiger partial charge in [0.15, 0.2) is 11.5 Å². The van der Waals surface area contributed by atoms with E-state index in [1.54, 1.807) is 0 Å². The van der Waals surface area contributed by atoms with Crippen LogP contribution in [-0.2, 0) is 14.3 Å². The number of ketones is 2. The lowest BCUT2D eigenvalue weighted by atomic mass is 9.74. The molecule has 0 aromatic heterocycles. The highest BCUT2D eigenvalue weighted by Gasteiger charge is 2.53. The van der Waals surface area contributed by atoms with Gasteiger partial charge in [0, 0.05) is 17.9 Å². The highest BCUT2D eigenvalue weighted by Crippen LogP contribution is 2.51. The van der Waals surface area contributed by atoms with Gasteiger partial charge >= 0.3 is 0 Å². The molecule has 0 radical (unpaired) electrons. The van der Waals surface area contributed by atoms with Gasteiger partial charge in [-0.3, -0.25) is 9.59 Å². The van der Waals surface area contributed by atoms with E-state index in [1.165, 1.54) is 13.2 Å². The maximum absolute atomic E-state index is 12.0. The van der Waals surface area contributed by atoms with Gasteiger partial charge in [0.2, 0.25) is 5.78 Å². The van der Waals surface area contributed by atoms with Crippen molar-refractivity contribution in [3.8, 4) is 0 Å². The normalized spacial score (nSPS) is 41.8. The van der Waals surface area contributed by atoms with Crippen molar-refractivity contribution >= 4 is 11.6 Å².